The Morgan fingerprint density at radius 1 is 1.10 bits per heavy atom. The summed E-state index contributed by atoms with van der Waals surface area (Å²) in [7, 11) is 0. The van der Waals surface area contributed by atoms with Crippen molar-refractivity contribution in [1.29, 1.82) is 0 Å². The summed E-state index contributed by atoms with van der Waals surface area (Å²) < 4.78 is 4.68. The first-order valence-electron chi connectivity index (χ1n) is 12.2. The molecule has 1 unspecified atom stereocenters. The van der Waals surface area contributed by atoms with Crippen LogP contribution in [0.2, 0.25) is 0 Å². The van der Waals surface area contributed by atoms with Gasteiger partial charge in [-0.25, -0.2) is 0 Å². The van der Waals surface area contributed by atoms with E-state index in [-0.39, 0.29) is 13.0 Å². The van der Waals surface area contributed by atoms with E-state index in [0.29, 0.717) is 6.42 Å². The summed E-state index contributed by atoms with van der Waals surface area (Å²) in [5.41, 5.74) is 0. The Morgan fingerprint density at radius 2 is 1.90 bits per heavy atom. The minimum atomic E-state index is -1.92. The van der Waals surface area contributed by atoms with Gasteiger partial charge in [0.25, 0.3) is 0 Å². The molecular weight excluding hydrogens is 376 g/mol. The van der Waals surface area contributed by atoms with Crippen molar-refractivity contribution in [3.05, 3.63) is 24.3 Å². The third-order valence-electron chi connectivity index (χ3n) is 6.29. The minimum Gasteiger partial charge on any atom is -0.460 e. The van der Waals surface area contributed by atoms with Crippen LogP contribution < -0.4 is 0 Å². The molecule has 0 radical (unpaired) electrons. The lowest BCUT2D eigenvalue weighted by atomic mass is 9.91. The zero-order chi connectivity index (χ0) is 22.2. The van der Waals surface area contributed by atoms with Crippen LogP contribution in [0.15, 0.2) is 24.3 Å². The molecule has 0 heterocycles. The highest BCUT2D eigenvalue weighted by Crippen LogP contribution is 2.35. The Balaban J connectivity index is 2.19. The molecule has 1 saturated carbocycles. The normalized spacial score (nSPS) is 21.0. The van der Waals surface area contributed by atoms with Crippen LogP contribution in [0.4, 0.5) is 0 Å². The second-order valence-electron chi connectivity index (χ2n) is 9.32. The zero-order valence-corrected chi connectivity index (χ0v) is 19.7. The monoisotopic (exact) mass is 422 g/mol. The van der Waals surface area contributed by atoms with Crippen molar-refractivity contribution in [3.63, 3.8) is 0 Å². The van der Waals surface area contributed by atoms with Crippen LogP contribution in [-0.2, 0) is 9.53 Å². The lowest BCUT2D eigenvalue weighted by Gasteiger charge is -2.20. The second-order valence-corrected chi connectivity index (χ2v) is 9.32. The van der Waals surface area contributed by atoms with Crippen molar-refractivity contribution in [3.8, 4) is 0 Å². The van der Waals surface area contributed by atoms with Gasteiger partial charge in [-0.15, -0.1) is 0 Å². The third-order valence-corrected chi connectivity index (χ3v) is 6.29. The van der Waals surface area contributed by atoms with E-state index in [1.807, 2.05) is 0 Å². The van der Waals surface area contributed by atoms with Crippen LogP contribution in [0, 0.1) is 17.8 Å². The van der Waals surface area contributed by atoms with E-state index in [4.69, 9.17) is 0 Å². The first-order valence-corrected chi connectivity index (χ1v) is 12.2. The number of carbonyl (C=O) groups excluding carboxylic acids is 1. The summed E-state index contributed by atoms with van der Waals surface area (Å²) in [6.07, 6.45) is 24.0. The van der Waals surface area contributed by atoms with Gasteiger partial charge in [-0.2, -0.15) is 0 Å². The Kier molecular flexibility index (Phi) is 14.0. The number of allylic oxidation sites excluding steroid dienone is 4. The largest absolute Gasteiger partial charge is 0.460 e. The molecule has 1 rings (SSSR count). The van der Waals surface area contributed by atoms with Gasteiger partial charge in [0, 0.05) is 13.3 Å². The summed E-state index contributed by atoms with van der Waals surface area (Å²) >= 11 is 0. The van der Waals surface area contributed by atoms with Gasteiger partial charge in [-0.3, -0.25) is 4.79 Å². The van der Waals surface area contributed by atoms with E-state index in [1.54, 1.807) is 0 Å². The van der Waals surface area contributed by atoms with Crippen molar-refractivity contribution in [1.82, 2.24) is 0 Å². The molecule has 0 saturated heterocycles. The standard InChI is InChI=1S/C26H46O4/c1-4-5-8-14-22(2)15-10-11-17-25-19-13-18-24(25)16-9-6-7-12-20-26(28,29)21-30-23(3)27/h6,9,11,17,22,24-25,28-29H,4-5,7-8,10,12-16,18-21H2,1-3H3/t22?,24-,25-/m0/s1. The van der Waals surface area contributed by atoms with Gasteiger partial charge in [0.2, 0.25) is 0 Å². The van der Waals surface area contributed by atoms with Crippen LogP contribution in [0.25, 0.3) is 0 Å². The van der Waals surface area contributed by atoms with Crippen LogP contribution in [0.3, 0.4) is 0 Å². The lowest BCUT2D eigenvalue weighted by molar-refractivity contribution is -0.204. The van der Waals surface area contributed by atoms with Gasteiger partial charge < -0.3 is 14.9 Å². The Morgan fingerprint density at radius 3 is 2.63 bits per heavy atom. The first-order chi connectivity index (χ1) is 14.3. The SMILES string of the molecule is CCCCCC(C)CCC=C[C@H]1CCC[C@@H]1CC=CCCCC(O)(O)COC(C)=O. The van der Waals surface area contributed by atoms with Crippen LogP contribution in [0.5, 0.6) is 0 Å². The number of hydrogen-bond donors (Lipinski definition) is 2. The van der Waals surface area contributed by atoms with E-state index >= 15 is 0 Å². The predicted molar refractivity (Wildman–Crippen MR) is 124 cm³/mol. The molecule has 1 aliphatic carbocycles. The highest BCUT2D eigenvalue weighted by Gasteiger charge is 2.24. The number of hydrogen-bond acceptors (Lipinski definition) is 4. The van der Waals surface area contributed by atoms with Gasteiger partial charge in [-0.1, -0.05) is 70.3 Å². The summed E-state index contributed by atoms with van der Waals surface area (Å²) in [5.74, 6) is -0.110. The number of esters is 1. The Bertz CT molecular complexity index is 509. The Hall–Kier alpha value is -1.13. The second kappa shape index (κ2) is 15.6. The highest BCUT2D eigenvalue weighted by atomic mass is 16.6. The molecule has 0 amide bonds. The van der Waals surface area contributed by atoms with Crippen molar-refractivity contribution in [2.24, 2.45) is 17.8 Å². The smallest absolute Gasteiger partial charge is 0.302 e. The molecular formula is C26H46O4. The van der Waals surface area contributed by atoms with E-state index < -0.39 is 11.8 Å². The molecule has 174 valence electrons. The fourth-order valence-corrected chi connectivity index (χ4v) is 4.33. The van der Waals surface area contributed by atoms with E-state index in [2.05, 4.69) is 42.9 Å². The molecule has 4 nitrogen and oxygen atoms in total. The maximum Gasteiger partial charge on any atom is 0.302 e. The number of rotatable bonds is 16. The van der Waals surface area contributed by atoms with Crippen LogP contribution >= 0.6 is 0 Å². The molecule has 1 aliphatic rings. The molecule has 0 spiro atoms. The maximum atomic E-state index is 10.8. The average Bonchev–Trinajstić information content (AvgIpc) is 3.14. The van der Waals surface area contributed by atoms with Crippen molar-refractivity contribution in [2.75, 3.05) is 6.61 Å². The molecule has 30 heavy (non-hydrogen) atoms. The third kappa shape index (κ3) is 13.2. The fraction of sp³-hybridized carbons (Fsp3) is 0.808. The molecule has 4 heteroatoms. The Labute approximate surface area is 184 Å². The molecule has 0 aromatic carbocycles. The van der Waals surface area contributed by atoms with Crippen molar-refractivity contribution in [2.45, 2.75) is 110 Å². The zero-order valence-electron chi connectivity index (χ0n) is 19.7. The van der Waals surface area contributed by atoms with Crippen LogP contribution in [-0.4, -0.2) is 28.6 Å². The minimum absolute atomic E-state index is 0.205. The van der Waals surface area contributed by atoms with E-state index in [0.717, 1.165) is 30.6 Å². The summed E-state index contributed by atoms with van der Waals surface area (Å²) in [6, 6.07) is 0. The molecule has 0 aliphatic heterocycles. The van der Waals surface area contributed by atoms with Gasteiger partial charge in [-0.05, 0) is 62.7 Å². The van der Waals surface area contributed by atoms with E-state index in [1.165, 1.54) is 64.7 Å². The summed E-state index contributed by atoms with van der Waals surface area (Å²) in [4.78, 5) is 10.8. The first kappa shape index (κ1) is 26.9. The fourth-order valence-electron chi connectivity index (χ4n) is 4.33. The average molecular weight is 423 g/mol. The number of aliphatic hydroxyl groups is 2. The summed E-state index contributed by atoms with van der Waals surface area (Å²) in [5, 5.41) is 19.5. The van der Waals surface area contributed by atoms with Crippen molar-refractivity contribution < 1.29 is 19.7 Å². The van der Waals surface area contributed by atoms with Crippen LogP contribution in [0.1, 0.15) is 104 Å². The summed E-state index contributed by atoms with van der Waals surface area (Å²) in [6.45, 7) is 5.56. The van der Waals surface area contributed by atoms with E-state index in [9.17, 15) is 15.0 Å². The topological polar surface area (TPSA) is 66.8 Å². The maximum absolute atomic E-state index is 10.8. The number of unbranched alkanes of at least 4 members (excludes halogenated alkanes) is 3. The molecule has 2 N–H and O–H groups in total. The van der Waals surface area contributed by atoms with Gasteiger partial charge >= 0.3 is 5.97 Å². The van der Waals surface area contributed by atoms with Gasteiger partial charge in [0.1, 0.15) is 6.61 Å². The lowest BCUT2D eigenvalue weighted by Crippen LogP contribution is -2.34. The predicted octanol–water partition coefficient (Wildman–Crippen LogP) is 6.32. The molecule has 1 fully saturated rings. The highest BCUT2D eigenvalue weighted by molar-refractivity contribution is 5.65. The molecule has 3 atom stereocenters. The quantitative estimate of drug-likeness (QED) is 0.132. The molecule has 0 bridgehead atoms. The molecule has 0 aromatic rings. The van der Waals surface area contributed by atoms with Crippen molar-refractivity contribution >= 4 is 5.97 Å². The van der Waals surface area contributed by atoms with Gasteiger partial charge in [0.15, 0.2) is 5.79 Å². The number of ether oxygens (including phenoxy) is 1. The van der Waals surface area contributed by atoms with Gasteiger partial charge in [0.05, 0.1) is 0 Å². The number of carbonyl (C=O) groups is 1. The molecule has 0 aromatic heterocycles.